The van der Waals surface area contributed by atoms with Crippen LogP contribution in [0.2, 0.25) is 0 Å². The maximum atomic E-state index is 15.4. The molecule has 3 rings (SSSR count). The van der Waals surface area contributed by atoms with E-state index in [9.17, 15) is 4.79 Å². The zero-order valence-corrected chi connectivity index (χ0v) is 16.0. The fourth-order valence-electron chi connectivity index (χ4n) is 3.10. The number of unbranched alkanes of at least 4 members (excludes halogenated alkanes) is 1. The van der Waals surface area contributed by atoms with Crippen LogP contribution in [0.1, 0.15) is 31.2 Å². The van der Waals surface area contributed by atoms with E-state index in [0.29, 0.717) is 22.3 Å². The molecule has 1 aliphatic rings. The van der Waals surface area contributed by atoms with Crippen LogP contribution < -0.4 is 10.5 Å². The number of alkyl halides is 1. The number of pyridine rings is 1. The van der Waals surface area contributed by atoms with Gasteiger partial charge in [-0.2, -0.15) is 0 Å². The maximum absolute atomic E-state index is 15.4. The van der Waals surface area contributed by atoms with Crippen LogP contribution in [0.25, 0.3) is 10.6 Å². The topological polar surface area (TPSA) is 91.0 Å². The Morgan fingerprint density at radius 3 is 2.85 bits per heavy atom. The van der Waals surface area contributed by atoms with Gasteiger partial charge in [0, 0.05) is 17.8 Å². The normalized spacial score (nSPS) is 21.7. The van der Waals surface area contributed by atoms with Crippen molar-refractivity contribution in [3.63, 3.8) is 0 Å². The molecule has 2 aromatic rings. The summed E-state index contributed by atoms with van der Waals surface area (Å²) >= 11 is 1.30. The van der Waals surface area contributed by atoms with Gasteiger partial charge in [-0.3, -0.25) is 4.79 Å². The first-order valence-corrected chi connectivity index (χ1v) is 9.51. The second kappa shape index (κ2) is 7.96. The van der Waals surface area contributed by atoms with Crippen LogP contribution in [-0.4, -0.2) is 34.4 Å². The molecule has 1 amide bonds. The second-order valence-electron chi connectivity index (χ2n) is 6.35. The Morgan fingerprint density at radius 2 is 2.22 bits per heavy atom. The third kappa shape index (κ3) is 3.62. The predicted molar refractivity (Wildman–Crippen MR) is 102 cm³/mol. The third-order valence-electron chi connectivity index (χ3n) is 4.64. The Kier molecular flexibility index (Phi) is 5.65. The predicted octanol–water partition coefficient (Wildman–Crippen LogP) is 3.36. The lowest BCUT2D eigenvalue weighted by atomic mass is 9.73. The van der Waals surface area contributed by atoms with Crippen LogP contribution in [-0.2, 0) is 10.2 Å². The molecule has 0 saturated heterocycles. The van der Waals surface area contributed by atoms with Crippen LogP contribution in [0.3, 0.4) is 0 Å². The van der Waals surface area contributed by atoms with E-state index in [4.69, 9.17) is 10.5 Å². The number of carbonyl (C=O) groups excluding carboxylic acids is 1. The zero-order valence-electron chi connectivity index (χ0n) is 15.2. The molecule has 0 fully saturated rings. The highest BCUT2D eigenvalue weighted by Gasteiger charge is 2.46. The number of ether oxygens (including phenoxy) is 1. The summed E-state index contributed by atoms with van der Waals surface area (Å²) in [7, 11) is 1.54. The molecule has 0 aromatic carbocycles. The fraction of sp³-hybridized carbons (Fsp3) is 0.368. The molecular formula is C19H21FN4O2S. The minimum Gasteiger partial charge on any atom is -0.481 e. The van der Waals surface area contributed by atoms with Gasteiger partial charge in [0.2, 0.25) is 11.8 Å². The number of nitrogens with zero attached hydrogens (tertiary/aromatic N) is 3. The van der Waals surface area contributed by atoms with E-state index in [1.165, 1.54) is 17.4 Å². The Morgan fingerprint density at radius 1 is 1.41 bits per heavy atom. The first-order chi connectivity index (χ1) is 13.0. The SMILES string of the molecule is CCCCC1(c2nnc(-c3ccc(OC)nc3)s2)C=CC=C(C(N)=O)C1F. The van der Waals surface area contributed by atoms with Crippen LogP contribution in [0, 0.1) is 0 Å². The Hall–Kier alpha value is -2.61. The molecule has 0 spiro atoms. The average molecular weight is 388 g/mol. The van der Waals surface area contributed by atoms with Crippen molar-refractivity contribution in [1.82, 2.24) is 15.2 Å². The van der Waals surface area contributed by atoms with Gasteiger partial charge in [-0.1, -0.05) is 49.3 Å². The van der Waals surface area contributed by atoms with Gasteiger partial charge in [-0.05, 0) is 12.5 Å². The number of rotatable bonds is 7. The fourth-order valence-corrected chi connectivity index (χ4v) is 4.15. The largest absolute Gasteiger partial charge is 0.481 e. The van der Waals surface area contributed by atoms with Crippen molar-refractivity contribution in [2.24, 2.45) is 5.73 Å². The van der Waals surface area contributed by atoms with Crippen molar-refractivity contribution < 1.29 is 13.9 Å². The molecule has 27 heavy (non-hydrogen) atoms. The first kappa shape index (κ1) is 19.2. The maximum Gasteiger partial charge on any atom is 0.247 e. The van der Waals surface area contributed by atoms with E-state index >= 15 is 4.39 Å². The van der Waals surface area contributed by atoms with E-state index < -0.39 is 17.5 Å². The molecule has 1 aliphatic carbocycles. The molecule has 142 valence electrons. The van der Waals surface area contributed by atoms with Crippen LogP contribution >= 0.6 is 11.3 Å². The summed E-state index contributed by atoms with van der Waals surface area (Å²) in [4.78, 5) is 15.8. The highest BCUT2D eigenvalue weighted by molar-refractivity contribution is 7.14. The minimum atomic E-state index is -1.55. The molecule has 2 atom stereocenters. The molecular weight excluding hydrogens is 367 g/mol. The second-order valence-corrected chi connectivity index (χ2v) is 7.33. The van der Waals surface area contributed by atoms with Gasteiger partial charge in [0.1, 0.15) is 16.2 Å². The van der Waals surface area contributed by atoms with E-state index in [-0.39, 0.29) is 5.57 Å². The van der Waals surface area contributed by atoms with Gasteiger partial charge in [0.25, 0.3) is 0 Å². The molecule has 0 bridgehead atoms. The Labute approximate surface area is 161 Å². The number of amides is 1. The summed E-state index contributed by atoms with van der Waals surface area (Å²) < 4.78 is 20.5. The lowest BCUT2D eigenvalue weighted by Gasteiger charge is -2.34. The highest BCUT2D eigenvalue weighted by Crippen LogP contribution is 2.44. The van der Waals surface area contributed by atoms with Gasteiger partial charge in [0.15, 0.2) is 0 Å². The molecule has 0 aliphatic heterocycles. The molecule has 2 heterocycles. The molecule has 8 heteroatoms. The molecule has 2 unspecified atom stereocenters. The number of nitrogens with two attached hydrogens (primary N) is 1. The number of primary amides is 1. The molecule has 2 N–H and O–H groups in total. The van der Waals surface area contributed by atoms with Gasteiger partial charge < -0.3 is 10.5 Å². The van der Waals surface area contributed by atoms with E-state index in [1.54, 1.807) is 31.5 Å². The summed E-state index contributed by atoms with van der Waals surface area (Å²) in [5.41, 5.74) is 5.08. The van der Waals surface area contributed by atoms with Crippen LogP contribution in [0.4, 0.5) is 4.39 Å². The third-order valence-corrected chi connectivity index (χ3v) is 5.80. The Bertz CT molecular complexity index is 878. The first-order valence-electron chi connectivity index (χ1n) is 8.69. The summed E-state index contributed by atoms with van der Waals surface area (Å²) in [6, 6.07) is 3.56. The molecule has 0 saturated carbocycles. The summed E-state index contributed by atoms with van der Waals surface area (Å²) in [6.07, 6.45) is 7.18. The number of halogens is 1. The van der Waals surface area contributed by atoms with Gasteiger partial charge in [-0.15, -0.1) is 10.2 Å². The van der Waals surface area contributed by atoms with Crippen molar-refractivity contribution in [1.29, 1.82) is 0 Å². The summed E-state index contributed by atoms with van der Waals surface area (Å²) in [5, 5.41) is 9.65. The lowest BCUT2D eigenvalue weighted by Crippen LogP contribution is -2.41. The van der Waals surface area contributed by atoms with Crippen molar-refractivity contribution in [3.05, 3.63) is 47.1 Å². The van der Waals surface area contributed by atoms with Crippen molar-refractivity contribution >= 4 is 17.2 Å². The number of carbonyl (C=O) groups is 1. The van der Waals surface area contributed by atoms with E-state index in [1.807, 2.05) is 13.0 Å². The standard InChI is InChI=1S/C19H21FN4O2S/c1-3-4-9-19(10-5-6-13(15(19)20)16(21)25)18-24-23-17(27-18)12-7-8-14(26-2)22-11-12/h5-8,10-11,15H,3-4,9H2,1-2H3,(H2,21,25). The van der Waals surface area contributed by atoms with Crippen molar-refractivity contribution in [2.75, 3.05) is 7.11 Å². The monoisotopic (exact) mass is 388 g/mol. The number of aromatic nitrogens is 3. The number of hydrogen-bond acceptors (Lipinski definition) is 6. The van der Waals surface area contributed by atoms with Crippen molar-refractivity contribution in [3.8, 4) is 16.5 Å². The zero-order chi connectivity index (χ0) is 19.4. The lowest BCUT2D eigenvalue weighted by molar-refractivity contribution is -0.115. The number of hydrogen-bond donors (Lipinski definition) is 1. The Balaban J connectivity index is 1.99. The smallest absolute Gasteiger partial charge is 0.247 e. The van der Waals surface area contributed by atoms with Crippen molar-refractivity contribution in [2.45, 2.75) is 37.8 Å². The molecule has 0 radical (unpaired) electrons. The summed E-state index contributed by atoms with van der Waals surface area (Å²) in [5.74, 6) is -0.255. The summed E-state index contributed by atoms with van der Waals surface area (Å²) in [6.45, 7) is 2.03. The van der Waals surface area contributed by atoms with Gasteiger partial charge in [0.05, 0.1) is 18.1 Å². The number of allylic oxidation sites excluding steroid dienone is 3. The van der Waals surface area contributed by atoms with Gasteiger partial charge >= 0.3 is 0 Å². The highest BCUT2D eigenvalue weighted by atomic mass is 32.1. The molecule has 2 aromatic heterocycles. The van der Waals surface area contributed by atoms with Crippen LogP contribution in [0.5, 0.6) is 5.88 Å². The number of methoxy groups -OCH3 is 1. The van der Waals surface area contributed by atoms with E-state index in [2.05, 4.69) is 15.2 Å². The van der Waals surface area contributed by atoms with Gasteiger partial charge in [-0.25, -0.2) is 9.37 Å². The average Bonchev–Trinajstić information content (AvgIpc) is 3.18. The van der Waals surface area contributed by atoms with Crippen LogP contribution in [0.15, 0.2) is 42.1 Å². The molecule has 6 nitrogen and oxygen atoms in total. The van der Waals surface area contributed by atoms with E-state index in [0.717, 1.165) is 18.4 Å². The minimum absolute atomic E-state index is 0.0310. The quantitative estimate of drug-likeness (QED) is 0.785.